The van der Waals surface area contributed by atoms with Crippen molar-refractivity contribution in [3.05, 3.63) is 45.1 Å². The molecule has 0 saturated heterocycles. The fourth-order valence-electron chi connectivity index (χ4n) is 1.69. The van der Waals surface area contributed by atoms with E-state index < -0.39 is 0 Å². The lowest BCUT2D eigenvalue weighted by molar-refractivity contribution is 0.473. The molecule has 0 aliphatic heterocycles. The van der Waals surface area contributed by atoms with Crippen molar-refractivity contribution in [1.82, 2.24) is 5.32 Å². The Bertz CT molecular complexity index is 555. The van der Waals surface area contributed by atoms with E-state index in [-0.39, 0.29) is 0 Å². The zero-order chi connectivity index (χ0) is 14.0. The molecule has 0 radical (unpaired) electrons. The van der Waals surface area contributed by atoms with E-state index in [4.69, 9.17) is 39.2 Å². The van der Waals surface area contributed by atoms with Gasteiger partial charge in [0, 0.05) is 11.1 Å². The first-order valence-electron chi connectivity index (χ1n) is 5.94. The molecule has 1 N–H and O–H groups in total. The average Bonchev–Trinajstić information content (AvgIpc) is 2.73. The second-order valence-electron chi connectivity index (χ2n) is 4.55. The number of furan rings is 1. The third-order valence-corrected chi connectivity index (χ3v) is 3.41. The summed E-state index contributed by atoms with van der Waals surface area (Å²) in [4.78, 5) is 0. The van der Waals surface area contributed by atoms with Crippen LogP contribution in [0.15, 0.2) is 28.7 Å². The van der Waals surface area contributed by atoms with Crippen LogP contribution in [0.1, 0.15) is 19.6 Å². The third kappa shape index (κ3) is 3.67. The van der Waals surface area contributed by atoms with Gasteiger partial charge in [-0.15, -0.1) is 0 Å². The van der Waals surface area contributed by atoms with Crippen LogP contribution in [0.5, 0.6) is 0 Å². The lowest BCUT2D eigenvalue weighted by atomic mass is 10.2. The van der Waals surface area contributed by atoms with Crippen molar-refractivity contribution in [2.24, 2.45) is 0 Å². The number of hydrogen-bond donors (Lipinski definition) is 1. The van der Waals surface area contributed by atoms with Crippen molar-refractivity contribution in [2.45, 2.75) is 26.4 Å². The van der Waals surface area contributed by atoms with Crippen molar-refractivity contribution in [1.29, 1.82) is 0 Å². The molecule has 1 heterocycles. The zero-order valence-corrected chi connectivity index (χ0v) is 12.9. The molecule has 2 aromatic rings. The summed E-state index contributed by atoms with van der Waals surface area (Å²) in [5, 5.41) is 4.75. The van der Waals surface area contributed by atoms with E-state index in [0.717, 1.165) is 5.76 Å². The summed E-state index contributed by atoms with van der Waals surface area (Å²) < 4.78 is 5.75. The van der Waals surface area contributed by atoms with Gasteiger partial charge in [-0.05, 0) is 24.3 Å². The monoisotopic (exact) mass is 317 g/mol. The maximum atomic E-state index is 6.16. The fraction of sp³-hybridized carbons (Fsp3) is 0.286. The molecule has 0 atom stereocenters. The van der Waals surface area contributed by atoms with E-state index in [1.54, 1.807) is 12.1 Å². The number of hydrogen-bond acceptors (Lipinski definition) is 2. The first-order chi connectivity index (χ1) is 8.97. The molecule has 1 aromatic heterocycles. The summed E-state index contributed by atoms with van der Waals surface area (Å²) in [6, 6.07) is 7.47. The molecule has 5 heteroatoms. The summed E-state index contributed by atoms with van der Waals surface area (Å²) in [6.07, 6.45) is 0. The molecule has 2 nitrogen and oxygen atoms in total. The van der Waals surface area contributed by atoms with Gasteiger partial charge in [0.25, 0.3) is 0 Å². The van der Waals surface area contributed by atoms with Gasteiger partial charge in [0.1, 0.15) is 11.5 Å². The molecule has 0 bridgehead atoms. The van der Waals surface area contributed by atoms with E-state index in [1.165, 1.54) is 0 Å². The molecule has 0 saturated carbocycles. The highest BCUT2D eigenvalue weighted by Crippen LogP contribution is 2.37. The summed E-state index contributed by atoms with van der Waals surface area (Å²) in [5.41, 5.74) is 0.670. The van der Waals surface area contributed by atoms with Gasteiger partial charge in [-0.2, -0.15) is 0 Å². The Kier molecular flexibility index (Phi) is 4.80. The second kappa shape index (κ2) is 6.19. The van der Waals surface area contributed by atoms with Crippen LogP contribution < -0.4 is 5.32 Å². The van der Waals surface area contributed by atoms with Crippen LogP contribution in [0.3, 0.4) is 0 Å². The Morgan fingerprint density at radius 3 is 2.32 bits per heavy atom. The second-order valence-corrected chi connectivity index (χ2v) is 5.80. The predicted octanol–water partition coefficient (Wildman–Crippen LogP) is 5.40. The Hall–Kier alpha value is -0.670. The molecule has 102 valence electrons. The first-order valence-corrected chi connectivity index (χ1v) is 7.07. The normalized spacial score (nSPS) is 11.3. The minimum Gasteiger partial charge on any atom is -0.460 e. The Morgan fingerprint density at radius 1 is 1.11 bits per heavy atom. The largest absolute Gasteiger partial charge is 0.460 e. The molecule has 0 amide bonds. The van der Waals surface area contributed by atoms with Gasteiger partial charge in [-0.3, -0.25) is 0 Å². The van der Waals surface area contributed by atoms with Gasteiger partial charge in [-0.25, -0.2) is 0 Å². The average molecular weight is 319 g/mol. The van der Waals surface area contributed by atoms with Gasteiger partial charge in [0.15, 0.2) is 0 Å². The van der Waals surface area contributed by atoms with Crippen LogP contribution >= 0.6 is 34.8 Å². The van der Waals surface area contributed by atoms with E-state index >= 15 is 0 Å². The Balaban J connectivity index is 2.28. The predicted molar refractivity (Wildman–Crippen MR) is 81.1 cm³/mol. The molecular weight excluding hydrogens is 305 g/mol. The maximum Gasteiger partial charge on any atom is 0.137 e. The van der Waals surface area contributed by atoms with Crippen LogP contribution in [0.4, 0.5) is 0 Å². The van der Waals surface area contributed by atoms with Gasteiger partial charge in [0.05, 0.1) is 22.2 Å². The summed E-state index contributed by atoms with van der Waals surface area (Å²) in [6.45, 7) is 4.83. The van der Waals surface area contributed by atoms with Crippen molar-refractivity contribution >= 4 is 34.8 Å². The molecule has 2 rings (SSSR count). The topological polar surface area (TPSA) is 25.2 Å². The third-order valence-electron chi connectivity index (χ3n) is 2.60. The van der Waals surface area contributed by atoms with Gasteiger partial charge in [0.2, 0.25) is 0 Å². The maximum absolute atomic E-state index is 6.16. The lowest BCUT2D eigenvalue weighted by Crippen LogP contribution is -2.21. The number of halogens is 3. The minimum atomic E-state index is 0.399. The molecule has 0 spiro atoms. The van der Waals surface area contributed by atoms with Crippen LogP contribution in [-0.4, -0.2) is 6.04 Å². The zero-order valence-electron chi connectivity index (χ0n) is 10.6. The Morgan fingerprint density at radius 2 is 1.74 bits per heavy atom. The molecule has 0 unspecified atom stereocenters. The molecule has 0 aliphatic carbocycles. The molecular formula is C14H14Cl3NO. The van der Waals surface area contributed by atoms with Gasteiger partial charge < -0.3 is 9.73 Å². The van der Waals surface area contributed by atoms with E-state index in [0.29, 0.717) is 39.0 Å². The lowest BCUT2D eigenvalue weighted by Gasteiger charge is -2.06. The Labute approximate surface area is 127 Å². The number of nitrogens with one attached hydrogen (secondary N) is 1. The van der Waals surface area contributed by atoms with Gasteiger partial charge >= 0.3 is 0 Å². The van der Waals surface area contributed by atoms with Crippen molar-refractivity contribution < 1.29 is 4.42 Å². The number of rotatable bonds is 4. The van der Waals surface area contributed by atoms with Crippen molar-refractivity contribution in [3.63, 3.8) is 0 Å². The van der Waals surface area contributed by atoms with E-state index in [9.17, 15) is 0 Å². The van der Waals surface area contributed by atoms with Crippen molar-refractivity contribution in [2.75, 3.05) is 0 Å². The smallest absolute Gasteiger partial charge is 0.137 e. The van der Waals surface area contributed by atoms with Crippen LogP contribution in [0.2, 0.25) is 15.1 Å². The van der Waals surface area contributed by atoms with Crippen LogP contribution in [0.25, 0.3) is 11.3 Å². The van der Waals surface area contributed by atoms with E-state index in [1.807, 2.05) is 12.1 Å². The molecule has 1 aromatic carbocycles. The SMILES string of the molecule is CC(C)NCc1ccc(-c2c(Cl)cc(Cl)cc2Cl)o1. The minimum absolute atomic E-state index is 0.399. The fourth-order valence-corrected chi connectivity index (χ4v) is 2.69. The highest BCUT2D eigenvalue weighted by atomic mass is 35.5. The van der Waals surface area contributed by atoms with Gasteiger partial charge in [-0.1, -0.05) is 48.7 Å². The molecule has 0 fully saturated rings. The summed E-state index contributed by atoms with van der Waals surface area (Å²) >= 11 is 18.2. The highest BCUT2D eigenvalue weighted by Gasteiger charge is 2.14. The quantitative estimate of drug-likeness (QED) is 0.816. The number of benzene rings is 1. The first kappa shape index (κ1) is 14.7. The van der Waals surface area contributed by atoms with Crippen LogP contribution in [-0.2, 0) is 6.54 Å². The summed E-state index contributed by atoms with van der Waals surface area (Å²) in [7, 11) is 0. The molecule has 19 heavy (non-hydrogen) atoms. The highest BCUT2D eigenvalue weighted by molar-refractivity contribution is 6.41. The van der Waals surface area contributed by atoms with Crippen LogP contribution in [0, 0.1) is 0 Å². The molecule has 0 aliphatic rings. The summed E-state index contributed by atoms with van der Waals surface area (Å²) in [5.74, 6) is 1.48. The van der Waals surface area contributed by atoms with E-state index in [2.05, 4.69) is 19.2 Å². The standard InChI is InChI=1S/C14H14Cl3NO/c1-8(2)18-7-10-3-4-13(19-10)14-11(16)5-9(15)6-12(14)17/h3-6,8,18H,7H2,1-2H3. The van der Waals surface area contributed by atoms with Crippen molar-refractivity contribution in [3.8, 4) is 11.3 Å².